The van der Waals surface area contributed by atoms with Crippen molar-refractivity contribution in [2.45, 2.75) is 0 Å². The smallest absolute Gasteiger partial charge is 0.136 e. The summed E-state index contributed by atoms with van der Waals surface area (Å²) < 4.78 is 9.01. The topological polar surface area (TPSA) is 21.3 Å². The van der Waals surface area contributed by atoms with Gasteiger partial charge in [-0.25, -0.2) is 0 Å². The van der Waals surface area contributed by atoms with Crippen LogP contribution in [0.2, 0.25) is 0 Å². The van der Waals surface area contributed by atoms with Gasteiger partial charge < -0.3 is 13.9 Å². The van der Waals surface area contributed by atoms with Crippen LogP contribution < -0.4 is 4.90 Å². The van der Waals surface area contributed by atoms with E-state index in [9.17, 15) is 0 Å². The van der Waals surface area contributed by atoms with Crippen molar-refractivity contribution in [1.82, 2.24) is 4.57 Å². The molecule has 0 bridgehead atoms. The van der Waals surface area contributed by atoms with Gasteiger partial charge in [0.1, 0.15) is 11.2 Å². The number of aromatic nitrogens is 1. The highest BCUT2D eigenvalue weighted by atomic mass is 16.3. The van der Waals surface area contributed by atoms with E-state index in [1.165, 1.54) is 60.4 Å². The Labute approximate surface area is 353 Å². The van der Waals surface area contributed by atoms with E-state index in [4.69, 9.17) is 4.42 Å². The maximum atomic E-state index is 6.64. The third-order valence-electron chi connectivity index (χ3n) is 12.2. The van der Waals surface area contributed by atoms with Crippen molar-refractivity contribution in [3.63, 3.8) is 0 Å². The molecule has 0 fully saturated rings. The van der Waals surface area contributed by atoms with E-state index < -0.39 is 0 Å². The van der Waals surface area contributed by atoms with Crippen LogP contribution in [-0.2, 0) is 0 Å². The molecule has 286 valence electrons. The summed E-state index contributed by atoms with van der Waals surface area (Å²) in [5.74, 6) is 0. The normalized spacial score (nSPS) is 11.6. The molecule has 61 heavy (non-hydrogen) atoms. The molecule has 0 spiro atoms. The lowest BCUT2D eigenvalue weighted by atomic mass is 9.94. The van der Waals surface area contributed by atoms with Crippen LogP contribution in [0.15, 0.2) is 235 Å². The first-order valence-corrected chi connectivity index (χ1v) is 20.8. The van der Waals surface area contributed by atoms with Crippen molar-refractivity contribution in [1.29, 1.82) is 0 Å². The van der Waals surface area contributed by atoms with Crippen molar-refractivity contribution in [3.8, 4) is 39.1 Å². The molecule has 0 atom stereocenters. The maximum Gasteiger partial charge on any atom is 0.136 e. The molecule has 2 heterocycles. The molecule has 12 rings (SSSR count). The van der Waals surface area contributed by atoms with Gasteiger partial charge in [0.15, 0.2) is 0 Å². The summed E-state index contributed by atoms with van der Waals surface area (Å²) in [6.07, 6.45) is 0. The van der Waals surface area contributed by atoms with E-state index in [0.717, 1.165) is 50.3 Å². The number of anilines is 3. The summed E-state index contributed by atoms with van der Waals surface area (Å²) in [4.78, 5) is 2.38. The zero-order valence-electron chi connectivity index (χ0n) is 33.2. The molecule has 3 heteroatoms. The first-order chi connectivity index (χ1) is 30.3. The van der Waals surface area contributed by atoms with Crippen LogP contribution in [0.5, 0.6) is 0 Å². The first kappa shape index (κ1) is 34.9. The average molecular weight is 779 g/mol. The second-order valence-corrected chi connectivity index (χ2v) is 15.7. The number of furan rings is 1. The summed E-state index contributed by atoms with van der Waals surface area (Å²) >= 11 is 0. The van der Waals surface area contributed by atoms with Crippen molar-refractivity contribution in [2.75, 3.05) is 4.90 Å². The molecule has 10 aromatic carbocycles. The molecule has 0 N–H and O–H groups in total. The second-order valence-electron chi connectivity index (χ2n) is 15.7. The van der Waals surface area contributed by atoms with Gasteiger partial charge in [-0.15, -0.1) is 0 Å². The van der Waals surface area contributed by atoms with Gasteiger partial charge >= 0.3 is 0 Å². The van der Waals surface area contributed by atoms with Crippen LogP contribution in [0.3, 0.4) is 0 Å². The molecule has 0 aliphatic heterocycles. The lowest BCUT2D eigenvalue weighted by molar-refractivity contribution is 0.669. The minimum absolute atomic E-state index is 0.863. The molecule has 0 saturated heterocycles. The highest BCUT2D eigenvalue weighted by molar-refractivity contribution is 6.22. The SMILES string of the molecule is c1ccc(-c2ccc(N(c3ccc4oc5ccc6c(-c7ccc8c(c7)c7ccccc7n8-c7ccccc7)cccc6c5c4c3)c3ccccc3-c3ccccc3)cc2)cc1. The van der Waals surface area contributed by atoms with Crippen molar-refractivity contribution in [3.05, 3.63) is 231 Å². The van der Waals surface area contributed by atoms with E-state index in [0.29, 0.717) is 0 Å². The Morgan fingerprint density at radius 1 is 0.328 bits per heavy atom. The maximum absolute atomic E-state index is 6.64. The largest absolute Gasteiger partial charge is 0.456 e. The highest BCUT2D eigenvalue weighted by Gasteiger charge is 2.21. The molecular formula is C58H38N2O. The second kappa shape index (κ2) is 14.3. The number of fused-ring (bicyclic) bond motifs is 8. The monoisotopic (exact) mass is 778 g/mol. The van der Waals surface area contributed by atoms with E-state index in [-0.39, 0.29) is 0 Å². The van der Waals surface area contributed by atoms with Crippen molar-refractivity contribution >= 4 is 71.6 Å². The van der Waals surface area contributed by atoms with Crippen LogP contribution in [0.1, 0.15) is 0 Å². The number of hydrogen-bond acceptors (Lipinski definition) is 2. The summed E-state index contributed by atoms with van der Waals surface area (Å²) in [5, 5.41) is 7.04. The van der Waals surface area contributed by atoms with Gasteiger partial charge in [0.05, 0.1) is 16.7 Å². The molecule has 2 aromatic heterocycles. The zero-order chi connectivity index (χ0) is 40.3. The Hall–Kier alpha value is -8.14. The van der Waals surface area contributed by atoms with Gasteiger partial charge in [0.25, 0.3) is 0 Å². The number of benzene rings is 10. The summed E-state index contributed by atoms with van der Waals surface area (Å²) in [5.41, 5.74) is 15.6. The Morgan fingerprint density at radius 3 is 1.75 bits per heavy atom. The van der Waals surface area contributed by atoms with Crippen LogP contribution >= 0.6 is 0 Å². The molecule has 12 aromatic rings. The number of para-hydroxylation sites is 3. The first-order valence-electron chi connectivity index (χ1n) is 20.8. The lowest BCUT2D eigenvalue weighted by Crippen LogP contribution is -2.11. The molecule has 0 aliphatic carbocycles. The van der Waals surface area contributed by atoms with Crippen LogP contribution in [0, 0.1) is 0 Å². The van der Waals surface area contributed by atoms with Crippen LogP contribution in [-0.4, -0.2) is 4.57 Å². The number of nitrogens with zero attached hydrogens (tertiary/aromatic N) is 2. The molecule has 0 saturated carbocycles. The molecule has 0 radical (unpaired) electrons. The molecular weight excluding hydrogens is 741 g/mol. The van der Waals surface area contributed by atoms with Gasteiger partial charge in [-0.1, -0.05) is 158 Å². The van der Waals surface area contributed by atoms with E-state index in [1.54, 1.807) is 0 Å². The zero-order valence-corrected chi connectivity index (χ0v) is 33.2. The quantitative estimate of drug-likeness (QED) is 0.161. The third-order valence-corrected chi connectivity index (χ3v) is 12.2. The van der Waals surface area contributed by atoms with E-state index in [2.05, 4.69) is 240 Å². The average Bonchev–Trinajstić information content (AvgIpc) is 3.88. The Balaban J connectivity index is 1.03. The van der Waals surface area contributed by atoms with Crippen molar-refractivity contribution < 1.29 is 4.42 Å². The Kier molecular flexibility index (Phi) is 8.17. The molecule has 0 amide bonds. The van der Waals surface area contributed by atoms with Crippen LogP contribution in [0.4, 0.5) is 17.1 Å². The fourth-order valence-electron chi connectivity index (χ4n) is 9.40. The van der Waals surface area contributed by atoms with Gasteiger partial charge in [-0.3, -0.25) is 0 Å². The fraction of sp³-hybridized carbons (Fsp3) is 0. The molecule has 0 aliphatic rings. The Morgan fingerprint density at radius 2 is 0.934 bits per heavy atom. The van der Waals surface area contributed by atoms with Gasteiger partial charge in [-0.2, -0.15) is 0 Å². The van der Waals surface area contributed by atoms with Gasteiger partial charge in [0.2, 0.25) is 0 Å². The predicted molar refractivity (Wildman–Crippen MR) is 257 cm³/mol. The fourth-order valence-corrected chi connectivity index (χ4v) is 9.40. The minimum Gasteiger partial charge on any atom is -0.456 e. The van der Waals surface area contributed by atoms with Crippen molar-refractivity contribution in [2.24, 2.45) is 0 Å². The summed E-state index contributed by atoms with van der Waals surface area (Å²) in [6, 6.07) is 82.8. The number of rotatable bonds is 7. The molecule has 3 nitrogen and oxygen atoms in total. The highest BCUT2D eigenvalue weighted by Crippen LogP contribution is 2.45. The van der Waals surface area contributed by atoms with Crippen LogP contribution in [0.25, 0.3) is 93.6 Å². The van der Waals surface area contributed by atoms with Gasteiger partial charge in [0, 0.05) is 44.2 Å². The molecule has 0 unspecified atom stereocenters. The standard InChI is InChI=1S/C58H38N2O/c1-4-15-39(16-5-1)40-27-30-44(31-28-40)59(53-25-12-10-21-47(53)41-17-6-2-7-18-41)45-32-35-56-52(38-45)58-50-24-14-23-46(48(50)33-36-57(58)61-56)42-29-34-55-51(37-42)49-22-11-13-26-54(49)60(55)43-19-8-3-9-20-43/h1-38H. The van der Waals surface area contributed by atoms with Gasteiger partial charge in [-0.05, 0) is 111 Å². The third kappa shape index (κ3) is 5.82. The lowest BCUT2D eigenvalue weighted by Gasteiger charge is -2.28. The predicted octanol–water partition coefficient (Wildman–Crippen LogP) is 16.3. The minimum atomic E-state index is 0.863. The van der Waals surface area contributed by atoms with E-state index >= 15 is 0 Å². The summed E-state index contributed by atoms with van der Waals surface area (Å²) in [6.45, 7) is 0. The van der Waals surface area contributed by atoms with E-state index in [1.807, 2.05) is 0 Å². The summed E-state index contributed by atoms with van der Waals surface area (Å²) in [7, 11) is 0. The Bertz CT molecular complexity index is 3570. The number of hydrogen-bond donors (Lipinski definition) is 0.